The molecule has 688 valence electrons. The third kappa shape index (κ3) is 22.1. The van der Waals surface area contributed by atoms with Gasteiger partial charge < -0.3 is 9.32 Å². The van der Waals surface area contributed by atoms with Crippen LogP contribution in [0.25, 0.3) is 151 Å². The third-order valence-corrected chi connectivity index (χ3v) is 29.5. The summed E-state index contributed by atoms with van der Waals surface area (Å²) in [7, 11) is 16.7. The fraction of sp³-hybridized carbons (Fsp3) is 0.169. The van der Waals surface area contributed by atoms with Crippen LogP contribution in [0.1, 0.15) is 63.9 Å². The average Bonchev–Trinajstić information content (AvgIpc) is 1.61. The van der Waals surface area contributed by atoms with Gasteiger partial charge in [0.25, 0.3) is 5.01 Å². The number of thiazole rings is 1. The van der Waals surface area contributed by atoms with Gasteiger partial charge in [-0.05, 0) is 252 Å². The maximum Gasteiger partial charge on any atom is 0.351 e. The summed E-state index contributed by atoms with van der Waals surface area (Å²) in [5.74, 6) is 0. The van der Waals surface area contributed by atoms with Gasteiger partial charge in [0.15, 0.2) is 31.0 Å². The Hall–Kier alpha value is -14.9. The molecular formula is C124H125N9O2S3+8. The van der Waals surface area contributed by atoms with E-state index in [-0.39, 0.29) is 5.63 Å². The SMILES string of the molecule is CCN(CC)c1ccc2c(C)c(-c3sc4ccccc4[n+]3C)c(=O)oc2c1.Cc1c(-c2cccc[n+]2C)sc2ccccc12.Cc1ccc(-c2cccc[n+]2C)c(C)c1.Cc1cccc2ccc3ccc[n+](C)c3c12.Cc1ccccc1-c1ccc2ccccc2[n+]1C.Cc1ccccc1-c1ccc2ccccc2[n+]1C.Cc1ccccc1-c1cccc[n+]1C.Cc1ccsc1-c1cccc[n+]1C. The molecule has 0 aliphatic carbocycles. The van der Waals surface area contributed by atoms with E-state index >= 15 is 0 Å². The van der Waals surface area contributed by atoms with Crippen LogP contribution in [0.2, 0.25) is 0 Å². The zero-order chi connectivity index (χ0) is 97.2. The molecule has 0 saturated heterocycles. The molecule has 11 nitrogen and oxygen atoms in total. The summed E-state index contributed by atoms with van der Waals surface area (Å²) in [5.41, 5.74) is 31.5. The molecule has 138 heavy (non-hydrogen) atoms. The molecule has 0 saturated carbocycles. The van der Waals surface area contributed by atoms with Crippen molar-refractivity contribution in [1.29, 1.82) is 0 Å². The van der Waals surface area contributed by atoms with E-state index < -0.39 is 0 Å². The zero-order valence-corrected chi connectivity index (χ0v) is 85.4. The number of nitrogens with zero attached hydrogens (tertiary/aromatic N) is 9. The van der Waals surface area contributed by atoms with E-state index in [2.05, 4.69) is 512 Å². The van der Waals surface area contributed by atoms with Crippen LogP contribution >= 0.6 is 34.0 Å². The number of aryl methyl sites for hydroxylation is 17. The highest BCUT2D eigenvalue weighted by molar-refractivity contribution is 7.22. The standard InChI is InChI=1S/C22H23N2O2S.2C17H16N.C15H14NS.C15H14N.C14H16N.C13H14N.C11H12NS/c1-5-24(6-2)15-11-12-16-14(3)20(22(25)26-18(16)13-15)21-23(4)17-9-7-8-10-19(17)27-21;2*1-13-7-3-5-9-15(13)17-12-11-14-8-4-6-10-16(14)18(17)2;1-11-12-7-3-4-9-14(12)17-15(11)13-8-5-6-10-16(13)2;1-11-5-3-6-12-8-9-13-7-4-10-16(2)15(13)14(11)12;1-11-7-8-13(12(2)10-11)14-6-4-5-9-15(14)3;1-11-7-3-4-8-12(11)13-9-5-6-10-14(13)2;1-9-6-8-13-11(9)10-5-3-4-7-12(10)2/h7-13H,5-6H2,1-4H3;2*3-12H,1-2H3;3-10H,1-2H3;3-10H,1-2H3;4-10H,1-3H3;3-10H,1-2H3;3-8H,1-2H3/q8*+1. The van der Waals surface area contributed by atoms with Crippen LogP contribution < -0.4 is 47.1 Å². The molecule has 11 heterocycles. The van der Waals surface area contributed by atoms with Gasteiger partial charge in [-0.15, -0.1) is 22.7 Å². The van der Waals surface area contributed by atoms with Crippen LogP contribution in [0.15, 0.2) is 397 Å². The number of para-hydroxylation sites is 3. The third-order valence-electron chi connectivity index (χ3n) is 25.9. The summed E-state index contributed by atoms with van der Waals surface area (Å²) >= 11 is 5.29. The first kappa shape index (κ1) is 97.6. The number of benzene rings is 11. The van der Waals surface area contributed by atoms with E-state index in [1.807, 2.05) is 61.7 Å². The van der Waals surface area contributed by atoms with Crippen LogP contribution in [0.3, 0.4) is 0 Å². The molecule has 22 rings (SSSR count). The quantitative estimate of drug-likeness (QED) is 0.0779. The maximum atomic E-state index is 12.9. The minimum absolute atomic E-state index is 0.279. The highest BCUT2D eigenvalue weighted by atomic mass is 32.1. The molecule has 14 heteroatoms. The first-order valence-corrected chi connectivity index (χ1v) is 49.7. The van der Waals surface area contributed by atoms with E-state index in [0.717, 1.165) is 45.0 Å². The summed E-state index contributed by atoms with van der Waals surface area (Å²) in [6, 6.07) is 123. The highest BCUT2D eigenvalue weighted by Gasteiger charge is 2.27. The summed E-state index contributed by atoms with van der Waals surface area (Å²) in [6.07, 6.45) is 10.4. The van der Waals surface area contributed by atoms with E-state index in [0.29, 0.717) is 11.1 Å². The van der Waals surface area contributed by atoms with Gasteiger partial charge in [-0.1, -0.05) is 162 Å². The first-order chi connectivity index (χ1) is 66.9. The second kappa shape index (κ2) is 45.2. The lowest BCUT2D eigenvalue weighted by atomic mass is 10.0. The molecule has 0 aliphatic rings. The number of rotatable bonds is 10. The van der Waals surface area contributed by atoms with E-state index in [4.69, 9.17) is 4.42 Å². The van der Waals surface area contributed by atoms with Crippen LogP contribution in [0, 0.1) is 62.3 Å². The van der Waals surface area contributed by atoms with Crippen molar-refractivity contribution in [1.82, 2.24) is 0 Å². The van der Waals surface area contributed by atoms with Gasteiger partial charge in [0.05, 0.1) is 5.39 Å². The Kier molecular flexibility index (Phi) is 31.9. The maximum absolute atomic E-state index is 12.9. The molecule has 0 atom stereocenters. The summed E-state index contributed by atoms with van der Waals surface area (Å²) in [5, 5.41) is 11.9. The monoisotopic (exact) mass is 1870 g/mol. The minimum atomic E-state index is -0.279. The van der Waals surface area contributed by atoms with E-state index in [1.165, 1.54) is 164 Å². The number of hydrogen-bond donors (Lipinski definition) is 0. The number of thiophene rings is 2. The molecule has 0 amide bonds. The molecular weight excluding hydrogens is 1740 g/mol. The molecule has 0 aliphatic heterocycles. The Morgan fingerprint density at radius 2 is 0.746 bits per heavy atom. The summed E-state index contributed by atoms with van der Waals surface area (Å²) in [6.45, 7) is 25.4. The zero-order valence-electron chi connectivity index (χ0n) is 82.9. The molecule has 22 aromatic rings. The van der Waals surface area contributed by atoms with Gasteiger partial charge in [0, 0.05) is 158 Å². The van der Waals surface area contributed by atoms with E-state index in [9.17, 15) is 4.79 Å². The molecule has 0 spiro atoms. The van der Waals surface area contributed by atoms with Crippen molar-refractivity contribution < 1.29 is 41.0 Å². The van der Waals surface area contributed by atoms with Crippen molar-refractivity contribution in [2.45, 2.75) is 76.2 Å². The number of aromatic nitrogens is 8. The summed E-state index contributed by atoms with van der Waals surface area (Å²) < 4.78 is 25.7. The highest BCUT2D eigenvalue weighted by Crippen LogP contribution is 2.38. The van der Waals surface area contributed by atoms with Crippen molar-refractivity contribution in [3.63, 3.8) is 0 Å². The summed E-state index contributed by atoms with van der Waals surface area (Å²) in [4.78, 5) is 17.9. The Morgan fingerprint density at radius 1 is 0.304 bits per heavy atom. The Morgan fingerprint density at radius 3 is 1.26 bits per heavy atom. The molecule has 0 N–H and O–H groups in total. The first-order valence-electron chi connectivity index (χ1n) is 47.2. The van der Waals surface area contributed by atoms with Crippen molar-refractivity contribution in [3.8, 4) is 76.7 Å². The average molecular weight is 1870 g/mol. The largest absolute Gasteiger partial charge is 0.422 e. The topological polar surface area (TPSA) is 64.5 Å². The predicted octanol–water partition coefficient (Wildman–Crippen LogP) is 26.6. The Labute approximate surface area is 825 Å². The van der Waals surface area contributed by atoms with Gasteiger partial charge in [0.2, 0.25) is 56.2 Å². The fourth-order valence-corrected chi connectivity index (χ4v) is 21.7. The number of hydrogen-bond acceptors (Lipinski definition) is 6. The van der Waals surface area contributed by atoms with Gasteiger partial charge in [0.1, 0.15) is 82.0 Å². The van der Waals surface area contributed by atoms with E-state index in [1.54, 1.807) is 22.7 Å². The predicted molar refractivity (Wildman–Crippen MR) is 580 cm³/mol. The normalized spacial score (nSPS) is 10.8. The number of fused-ring (bicyclic) bond motifs is 8. The Balaban J connectivity index is 0.000000121. The van der Waals surface area contributed by atoms with Crippen molar-refractivity contribution >= 4 is 114 Å². The number of anilines is 1. The van der Waals surface area contributed by atoms with Gasteiger partial charge in [-0.25, -0.2) is 27.6 Å². The lowest BCUT2D eigenvalue weighted by molar-refractivity contribution is -0.660. The smallest absolute Gasteiger partial charge is 0.351 e. The molecule has 11 aromatic heterocycles. The fourth-order valence-electron chi connectivity index (χ4n) is 18.2. The molecule has 11 aromatic carbocycles. The molecule has 0 bridgehead atoms. The van der Waals surface area contributed by atoms with Crippen LogP contribution in [-0.2, 0) is 56.4 Å². The van der Waals surface area contributed by atoms with Gasteiger partial charge >= 0.3 is 5.63 Å². The van der Waals surface area contributed by atoms with Gasteiger partial charge in [-0.3, -0.25) is 0 Å². The second-order valence-corrected chi connectivity index (χ2v) is 38.2. The van der Waals surface area contributed by atoms with Crippen LogP contribution in [0.5, 0.6) is 0 Å². The number of pyridine rings is 7. The van der Waals surface area contributed by atoms with Crippen molar-refractivity contribution in [3.05, 3.63) is 449 Å². The lowest BCUT2D eigenvalue weighted by Crippen LogP contribution is -2.32. The minimum Gasteiger partial charge on any atom is -0.422 e. The van der Waals surface area contributed by atoms with Crippen LogP contribution in [0.4, 0.5) is 5.69 Å². The molecule has 0 unspecified atom stereocenters. The van der Waals surface area contributed by atoms with Crippen molar-refractivity contribution in [2.75, 3.05) is 18.0 Å². The van der Waals surface area contributed by atoms with Crippen molar-refractivity contribution in [2.24, 2.45) is 56.4 Å². The lowest BCUT2D eigenvalue weighted by Gasteiger charge is -2.21. The molecule has 0 fully saturated rings. The second-order valence-electron chi connectivity index (χ2n) is 35.2. The molecule has 0 radical (unpaired) electrons. The van der Waals surface area contributed by atoms with Crippen LogP contribution in [-0.4, -0.2) is 13.1 Å². The Bertz CT molecular complexity index is 7930. The van der Waals surface area contributed by atoms with Gasteiger partial charge in [-0.2, -0.15) is 13.7 Å².